The van der Waals surface area contributed by atoms with Crippen LogP contribution in [0.4, 0.5) is 5.69 Å². The highest BCUT2D eigenvalue weighted by molar-refractivity contribution is 7.90. The van der Waals surface area contributed by atoms with Crippen LogP contribution < -0.4 is 5.73 Å². The van der Waals surface area contributed by atoms with E-state index in [-0.39, 0.29) is 11.5 Å². The molecule has 3 nitrogen and oxygen atoms in total. The van der Waals surface area contributed by atoms with Gasteiger partial charge in [0.25, 0.3) is 0 Å². The molecule has 0 aliphatic heterocycles. The Morgan fingerprint density at radius 1 is 1.28 bits per heavy atom. The minimum Gasteiger partial charge on any atom is -0.398 e. The van der Waals surface area contributed by atoms with Crippen LogP contribution in [0.25, 0.3) is 0 Å². The number of benzene rings is 1. The van der Waals surface area contributed by atoms with Crippen LogP contribution in [-0.4, -0.2) is 14.2 Å². The molecule has 0 saturated heterocycles. The number of nitrogen functional groups attached to an aromatic ring is 1. The third-order valence-electron chi connectivity index (χ3n) is 3.44. The summed E-state index contributed by atoms with van der Waals surface area (Å²) in [4.78, 5) is 0. The maximum atomic E-state index is 12.1. The Labute approximate surface area is 113 Å². The maximum Gasteiger partial charge on any atom is 0.154 e. The fourth-order valence-electron chi connectivity index (χ4n) is 2.53. The van der Waals surface area contributed by atoms with Crippen LogP contribution in [0.3, 0.4) is 0 Å². The van der Waals surface area contributed by atoms with Crippen LogP contribution in [0, 0.1) is 5.92 Å². The number of sulfone groups is 1. The van der Waals surface area contributed by atoms with Crippen molar-refractivity contribution in [3.8, 4) is 0 Å². The molecule has 100 valence electrons. The van der Waals surface area contributed by atoms with E-state index in [1.54, 1.807) is 18.2 Å². The second-order valence-electron chi connectivity index (χ2n) is 5.05. The minimum absolute atomic E-state index is 0.00407. The Bertz CT molecular complexity index is 522. The van der Waals surface area contributed by atoms with Crippen molar-refractivity contribution in [2.24, 2.45) is 5.92 Å². The van der Waals surface area contributed by atoms with Gasteiger partial charge in [0.2, 0.25) is 0 Å². The Morgan fingerprint density at radius 3 is 2.61 bits per heavy atom. The van der Waals surface area contributed by atoms with E-state index in [1.165, 1.54) is 0 Å². The first-order valence-corrected chi connectivity index (χ1v) is 8.40. The molecule has 0 heterocycles. The predicted molar refractivity (Wildman–Crippen MR) is 75.3 cm³/mol. The van der Waals surface area contributed by atoms with Crippen molar-refractivity contribution in [3.05, 3.63) is 28.8 Å². The van der Waals surface area contributed by atoms with Crippen LogP contribution in [0.1, 0.15) is 31.2 Å². The Balaban J connectivity index is 2.09. The summed E-state index contributed by atoms with van der Waals surface area (Å²) < 4.78 is 24.2. The zero-order valence-electron chi connectivity index (χ0n) is 10.2. The summed E-state index contributed by atoms with van der Waals surface area (Å²) in [5, 5.41) is 0.523. The van der Waals surface area contributed by atoms with Crippen molar-refractivity contribution < 1.29 is 8.42 Å². The fourth-order valence-corrected chi connectivity index (χ4v) is 4.62. The summed E-state index contributed by atoms with van der Waals surface area (Å²) in [6.45, 7) is 0. The van der Waals surface area contributed by atoms with E-state index in [0.29, 0.717) is 22.2 Å². The second-order valence-corrected chi connectivity index (χ2v) is 7.59. The standard InChI is InChI=1S/C13H18ClNO2S/c14-12-5-6-13(15)11(7-12)9-18(16,17)8-10-3-1-2-4-10/h5-7,10H,1-4,8-9,15H2. The van der Waals surface area contributed by atoms with E-state index >= 15 is 0 Å². The smallest absolute Gasteiger partial charge is 0.154 e. The molecule has 0 spiro atoms. The topological polar surface area (TPSA) is 60.2 Å². The molecule has 1 aromatic carbocycles. The van der Waals surface area contributed by atoms with Gasteiger partial charge in [-0.15, -0.1) is 0 Å². The van der Waals surface area contributed by atoms with Gasteiger partial charge in [0, 0.05) is 10.7 Å². The van der Waals surface area contributed by atoms with E-state index in [4.69, 9.17) is 17.3 Å². The molecule has 1 saturated carbocycles. The summed E-state index contributed by atoms with van der Waals surface area (Å²) in [6.07, 6.45) is 4.37. The van der Waals surface area contributed by atoms with Crippen molar-refractivity contribution >= 4 is 27.1 Å². The van der Waals surface area contributed by atoms with Crippen LogP contribution in [-0.2, 0) is 15.6 Å². The Kier molecular flexibility index (Phi) is 4.17. The average Bonchev–Trinajstić information content (AvgIpc) is 2.75. The van der Waals surface area contributed by atoms with Gasteiger partial charge in [0.15, 0.2) is 9.84 Å². The highest BCUT2D eigenvalue weighted by Gasteiger charge is 2.23. The third-order valence-corrected chi connectivity index (χ3v) is 5.41. The van der Waals surface area contributed by atoms with Gasteiger partial charge in [-0.3, -0.25) is 0 Å². The fraction of sp³-hybridized carbons (Fsp3) is 0.538. The molecule has 2 N–H and O–H groups in total. The highest BCUT2D eigenvalue weighted by atomic mass is 35.5. The molecule has 1 aromatic rings. The molecule has 2 rings (SSSR count). The molecule has 5 heteroatoms. The lowest BCUT2D eigenvalue weighted by Crippen LogP contribution is -2.16. The van der Waals surface area contributed by atoms with Gasteiger partial charge in [-0.25, -0.2) is 8.42 Å². The molecule has 0 bridgehead atoms. The number of anilines is 1. The van der Waals surface area contributed by atoms with E-state index in [1.807, 2.05) is 0 Å². The summed E-state index contributed by atoms with van der Waals surface area (Å²) in [7, 11) is -3.10. The average molecular weight is 288 g/mol. The first-order valence-electron chi connectivity index (χ1n) is 6.20. The molecule has 0 atom stereocenters. The van der Waals surface area contributed by atoms with Crippen molar-refractivity contribution in [2.45, 2.75) is 31.4 Å². The van der Waals surface area contributed by atoms with Gasteiger partial charge >= 0.3 is 0 Å². The maximum absolute atomic E-state index is 12.1. The van der Waals surface area contributed by atoms with Crippen molar-refractivity contribution in [1.82, 2.24) is 0 Å². The third kappa shape index (κ3) is 3.62. The first-order chi connectivity index (χ1) is 8.46. The predicted octanol–water partition coefficient (Wildman–Crippen LogP) is 3.03. The van der Waals surface area contributed by atoms with Gasteiger partial charge in [-0.1, -0.05) is 24.4 Å². The van der Waals surface area contributed by atoms with E-state index < -0.39 is 9.84 Å². The SMILES string of the molecule is Nc1ccc(Cl)cc1CS(=O)(=O)CC1CCCC1. The molecule has 1 fully saturated rings. The Morgan fingerprint density at radius 2 is 1.94 bits per heavy atom. The summed E-state index contributed by atoms with van der Waals surface area (Å²) in [6, 6.07) is 4.97. The quantitative estimate of drug-likeness (QED) is 0.866. The van der Waals surface area contributed by atoms with Gasteiger partial charge in [-0.05, 0) is 42.5 Å². The Hall–Kier alpha value is -0.740. The number of halogens is 1. The summed E-state index contributed by atoms with van der Waals surface area (Å²) in [5.41, 5.74) is 6.89. The molecular formula is C13H18ClNO2S. The van der Waals surface area contributed by atoms with Crippen LogP contribution >= 0.6 is 11.6 Å². The van der Waals surface area contributed by atoms with Crippen molar-refractivity contribution in [2.75, 3.05) is 11.5 Å². The van der Waals surface area contributed by atoms with E-state index in [0.717, 1.165) is 25.7 Å². The lowest BCUT2D eigenvalue weighted by Gasteiger charge is -2.11. The van der Waals surface area contributed by atoms with Gasteiger partial charge in [0.05, 0.1) is 11.5 Å². The summed E-state index contributed by atoms with van der Waals surface area (Å²) in [5.74, 6) is 0.602. The minimum atomic E-state index is -3.10. The number of hydrogen-bond donors (Lipinski definition) is 1. The zero-order valence-corrected chi connectivity index (χ0v) is 11.8. The van der Waals surface area contributed by atoms with E-state index in [2.05, 4.69) is 0 Å². The van der Waals surface area contributed by atoms with Crippen LogP contribution in [0.2, 0.25) is 5.02 Å². The highest BCUT2D eigenvalue weighted by Crippen LogP contribution is 2.28. The molecule has 0 aromatic heterocycles. The normalized spacial score (nSPS) is 17.2. The summed E-state index contributed by atoms with van der Waals surface area (Å²) >= 11 is 5.87. The van der Waals surface area contributed by atoms with Crippen LogP contribution in [0.5, 0.6) is 0 Å². The van der Waals surface area contributed by atoms with Crippen molar-refractivity contribution in [1.29, 1.82) is 0 Å². The first kappa shape index (κ1) is 13.7. The lowest BCUT2D eigenvalue weighted by atomic mass is 10.1. The van der Waals surface area contributed by atoms with Gasteiger partial charge < -0.3 is 5.73 Å². The molecule has 18 heavy (non-hydrogen) atoms. The van der Waals surface area contributed by atoms with Crippen LogP contribution in [0.15, 0.2) is 18.2 Å². The molecule has 0 radical (unpaired) electrons. The lowest BCUT2D eigenvalue weighted by molar-refractivity contribution is 0.558. The van der Waals surface area contributed by atoms with E-state index in [9.17, 15) is 8.42 Å². The molecule has 1 aliphatic rings. The number of nitrogens with two attached hydrogens (primary N) is 1. The van der Waals surface area contributed by atoms with Gasteiger partial charge in [-0.2, -0.15) is 0 Å². The largest absolute Gasteiger partial charge is 0.398 e. The molecule has 0 amide bonds. The number of rotatable bonds is 4. The number of hydrogen-bond acceptors (Lipinski definition) is 3. The second kappa shape index (κ2) is 5.49. The molecule has 0 unspecified atom stereocenters. The molecular weight excluding hydrogens is 270 g/mol. The van der Waals surface area contributed by atoms with Crippen molar-refractivity contribution in [3.63, 3.8) is 0 Å². The monoisotopic (exact) mass is 287 g/mol. The molecule has 1 aliphatic carbocycles. The van der Waals surface area contributed by atoms with Gasteiger partial charge in [0.1, 0.15) is 0 Å². The zero-order chi connectivity index (χ0) is 13.2.